The van der Waals surface area contributed by atoms with Gasteiger partial charge in [0.15, 0.2) is 0 Å². The second kappa shape index (κ2) is 4.67. The molecule has 0 N–H and O–H groups in total. The molecule has 0 radical (unpaired) electrons. The van der Waals surface area contributed by atoms with Crippen molar-refractivity contribution in [2.24, 2.45) is 0 Å². The molecule has 0 unspecified atom stereocenters. The Balaban J connectivity index is 1.77. The molecule has 0 aromatic rings. The van der Waals surface area contributed by atoms with E-state index < -0.39 is 0 Å². The second-order valence-electron chi connectivity index (χ2n) is 4.23. The van der Waals surface area contributed by atoms with Gasteiger partial charge in [0.1, 0.15) is 0 Å². The molecule has 2 saturated heterocycles. The molecule has 0 aliphatic carbocycles. The lowest BCUT2D eigenvalue weighted by Crippen LogP contribution is -2.43. The molecular formula is C10H20N2S. The predicted octanol–water partition coefficient (Wildman–Crippen LogP) is 1.43. The molecule has 2 aliphatic heterocycles. The van der Waals surface area contributed by atoms with Gasteiger partial charge in [-0.15, -0.1) is 0 Å². The van der Waals surface area contributed by atoms with Crippen LogP contribution in [0.3, 0.4) is 0 Å². The van der Waals surface area contributed by atoms with Crippen molar-refractivity contribution in [2.45, 2.75) is 31.7 Å². The summed E-state index contributed by atoms with van der Waals surface area (Å²) in [5, 5.41) is 0. The van der Waals surface area contributed by atoms with Gasteiger partial charge in [0.2, 0.25) is 0 Å². The highest BCUT2D eigenvalue weighted by Gasteiger charge is 2.25. The second-order valence-corrected chi connectivity index (χ2v) is 4.52. The number of hydrogen-bond donors (Lipinski definition) is 1. The lowest BCUT2D eigenvalue weighted by atomic mass is 10.0. The zero-order valence-corrected chi connectivity index (χ0v) is 9.18. The number of piperidine rings is 1. The van der Waals surface area contributed by atoms with Crippen LogP contribution in [0.4, 0.5) is 0 Å². The van der Waals surface area contributed by atoms with Crippen LogP contribution in [0.1, 0.15) is 25.7 Å². The number of nitrogens with zero attached hydrogens (tertiary/aromatic N) is 2. The molecule has 0 saturated carbocycles. The fourth-order valence-electron chi connectivity index (χ4n) is 2.53. The van der Waals surface area contributed by atoms with Crippen molar-refractivity contribution in [3.05, 3.63) is 0 Å². The average Bonchev–Trinajstić information content (AvgIpc) is 2.71. The maximum absolute atomic E-state index is 4.32. The number of rotatable bonds is 2. The zero-order valence-electron chi connectivity index (χ0n) is 8.28. The molecule has 0 aromatic heterocycles. The summed E-state index contributed by atoms with van der Waals surface area (Å²) < 4.78 is 0. The molecule has 2 fully saturated rings. The highest BCUT2D eigenvalue weighted by atomic mass is 32.1. The summed E-state index contributed by atoms with van der Waals surface area (Å²) in [5.74, 6) is 0.937. The van der Waals surface area contributed by atoms with E-state index in [4.69, 9.17) is 0 Å². The zero-order chi connectivity index (χ0) is 9.10. The van der Waals surface area contributed by atoms with E-state index in [2.05, 4.69) is 22.4 Å². The Morgan fingerprint density at radius 2 is 1.62 bits per heavy atom. The van der Waals surface area contributed by atoms with Crippen molar-refractivity contribution < 1.29 is 0 Å². The van der Waals surface area contributed by atoms with Gasteiger partial charge in [-0.05, 0) is 38.8 Å². The maximum atomic E-state index is 4.32. The van der Waals surface area contributed by atoms with Crippen LogP contribution in [0.25, 0.3) is 0 Å². The van der Waals surface area contributed by atoms with Crippen LogP contribution in [0.15, 0.2) is 0 Å². The molecule has 2 heterocycles. The van der Waals surface area contributed by atoms with Crippen LogP contribution in [-0.4, -0.2) is 47.9 Å². The first-order chi connectivity index (χ1) is 6.40. The monoisotopic (exact) mass is 200 g/mol. The lowest BCUT2D eigenvalue weighted by Gasteiger charge is -2.35. The van der Waals surface area contributed by atoms with E-state index in [-0.39, 0.29) is 0 Å². The Hall–Kier alpha value is 0.270. The molecule has 13 heavy (non-hydrogen) atoms. The Kier molecular flexibility index (Phi) is 3.52. The van der Waals surface area contributed by atoms with Gasteiger partial charge in [0.05, 0.1) is 0 Å². The molecular weight excluding hydrogens is 180 g/mol. The van der Waals surface area contributed by atoms with Crippen molar-refractivity contribution in [1.82, 2.24) is 9.80 Å². The van der Waals surface area contributed by atoms with Crippen LogP contribution in [0.5, 0.6) is 0 Å². The van der Waals surface area contributed by atoms with Crippen molar-refractivity contribution in [3.8, 4) is 0 Å². The van der Waals surface area contributed by atoms with Gasteiger partial charge in [-0.2, -0.15) is 12.6 Å². The van der Waals surface area contributed by atoms with Gasteiger partial charge < -0.3 is 4.90 Å². The minimum atomic E-state index is 0.888. The summed E-state index contributed by atoms with van der Waals surface area (Å²) in [4.78, 5) is 5.13. The third kappa shape index (κ3) is 2.39. The van der Waals surface area contributed by atoms with E-state index in [0.717, 1.165) is 11.9 Å². The summed E-state index contributed by atoms with van der Waals surface area (Å²) >= 11 is 4.32. The molecule has 0 aromatic carbocycles. The highest BCUT2D eigenvalue weighted by molar-refractivity contribution is 7.80. The van der Waals surface area contributed by atoms with Crippen LogP contribution < -0.4 is 0 Å². The van der Waals surface area contributed by atoms with Crippen molar-refractivity contribution in [2.75, 3.05) is 32.1 Å². The lowest BCUT2D eigenvalue weighted by molar-refractivity contribution is 0.140. The maximum Gasteiger partial charge on any atom is 0.0414 e. The van der Waals surface area contributed by atoms with Crippen molar-refractivity contribution >= 4 is 12.6 Å². The minimum Gasteiger partial charge on any atom is -0.300 e. The summed E-state index contributed by atoms with van der Waals surface area (Å²) in [6.45, 7) is 5.21. The topological polar surface area (TPSA) is 6.48 Å². The normalized spacial score (nSPS) is 28.4. The first-order valence-corrected chi connectivity index (χ1v) is 6.10. The standard InChI is InChI=1S/C10H20N2S/c13-9-11-7-3-10(4-8-11)12-5-1-2-6-12/h10,13H,1-9H2. The van der Waals surface area contributed by atoms with Crippen LogP contribution in [0, 0.1) is 0 Å². The molecule has 2 rings (SSSR count). The van der Waals surface area contributed by atoms with Crippen molar-refractivity contribution in [1.29, 1.82) is 0 Å². The molecule has 3 heteroatoms. The van der Waals surface area contributed by atoms with E-state index in [1.807, 2.05) is 0 Å². The number of thiol groups is 1. The smallest absolute Gasteiger partial charge is 0.0414 e. The van der Waals surface area contributed by atoms with E-state index in [0.29, 0.717) is 0 Å². The summed E-state index contributed by atoms with van der Waals surface area (Å²) in [6, 6.07) is 0.888. The van der Waals surface area contributed by atoms with Gasteiger partial charge in [-0.3, -0.25) is 4.90 Å². The van der Waals surface area contributed by atoms with E-state index in [1.54, 1.807) is 0 Å². The Morgan fingerprint density at radius 1 is 1.00 bits per heavy atom. The molecule has 2 aliphatic rings. The number of likely N-dealkylation sites (tertiary alicyclic amines) is 2. The van der Waals surface area contributed by atoms with Crippen molar-refractivity contribution in [3.63, 3.8) is 0 Å². The number of hydrogen-bond acceptors (Lipinski definition) is 3. The molecule has 0 spiro atoms. The van der Waals surface area contributed by atoms with E-state index >= 15 is 0 Å². The fraction of sp³-hybridized carbons (Fsp3) is 1.00. The van der Waals surface area contributed by atoms with Gasteiger partial charge in [-0.1, -0.05) is 0 Å². The average molecular weight is 200 g/mol. The van der Waals surface area contributed by atoms with Gasteiger partial charge in [0, 0.05) is 25.0 Å². The van der Waals surface area contributed by atoms with E-state index in [1.165, 1.54) is 51.9 Å². The third-order valence-corrected chi connectivity index (χ3v) is 3.81. The van der Waals surface area contributed by atoms with Crippen LogP contribution in [0.2, 0.25) is 0 Å². The van der Waals surface area contributed by atoms with Crippen LogP contribution in [-0.2, 0) is 0 Å². The third-order valence-electron chi connectivity index (χ3n) is 3.41. The molecule has 0 amide bonds. The van der Waals surface area contributed by atoms with Gasteiger partial charge in [-0.25, -0.2) is 0 Å². The van der Waals surface area contributed by atoms with Crippen LogP contribution >= 0.6 is 12.6 Å². The summed E-state index contributed by atoms with van der Waals surface area (Å²) in [5.41, 5.74) is 0. The predicted molar refractivity (Wildman–Crippen MR) is 59.3 cm³/mol. The molecule has 76 valence electrons. The van der Waals surface area contributed by atoms with Gasteiger partial charge >= 0.3 is 0 Å². The Morgan fingerprint density at radius 3 is 2.15 bits per heavy atom. The van der Waals surface area contributed by atoms with Gasteiger partial charge in [0.25, 0.3) is 0 Å². The molecule has 0 bridgehead atoms. The minimum absolute atomic E-state index is 0.888. The highest BCUT2D eigenvalue weighted by Crippen LogP contribution is 2.20. The molecule has 2 nitrogen and oxygen atoms in total. The first kappa shape index (κ1) is 9.81. The fourth-order valence-corrected chi connectivity index (χ4v) is 2.82. The SMILES string of the molecule is SCN1CCC(N2CCCC2)CC1. The Bertz CT molecular complexity index is 149. The molecule has 0 atom stereocenters. The summed E-state index contributed by atoms with van der Waals surface area (Å²) in [7, 11) is 0. The largest absolute Gasteiger partial charge is 0.300 e. The Labute approximate surface area is 86.7 Å². The quantitative estimate of drug-likeness (QED) is 0.674. The summed E-state index contributed by atoms with van der Waals surface area (Å²) in [6.07, 6.45) is 5.57. The van der Waals surface area contributed by atoms with E-state index in [9.17, 15) is 0 Å². The first-order valence-electron chi connectivity index (χ1n) is 5.47.